The zero-order chi connectivity index (χ0) is 12.5. The van der Waals surface area contributed by atoms with E-state index in [0.717, 1.165) is 0 Å². The van der Waals surface area contributed by atoms with Gasteiger partial charge in [-0.3, -0.25) is 4.79 Å². The Hall–Kier alpha value is -1.40. The highest BCUT2D eigenvalue weighted by Crippen LogP contribution is 2.18. The quantitative estimate of drug-likeness (QED) is 0.790. The molecule has 2 heterocycles. The van der Waals surface area contributed by atoms with E-state index in [1.165, 1.54) is 0 Å². The number of hydrogen-bond acceptors (Lipinski definition) is 5. The lowest BCUT2D eigenvalue weighted by Crippen LogP contribution is -2.54. The van der Waals surface area contributed by atoms with E-state index in [9.17, 15) is 4.79 Å². The van der Waals surface area contributed by atoms with Crippen LogP contribution in [0.3, 0.4) is 0 Å². The van der Waals surface area contributed by atoms with Crippen molar-refractivity contribution in [3.63, 3.8) is 0 Å². The van der Waals surface area contributed by atoms with Crippen LogP contribution in [-0.4, -0.2) is 29.6 Å². The van der Waals surface area contributed by atoms with Gasteiger partial charge >= 0.3 is 0 Å². The lowest BCUT2D eigenvalue weighted by atomic mass is 9.99. The second-order valence-electron chi connectivity index (χ2n) is 4.46. The van der Waals surface area contributed by atoms with Crippen LogP contribution in [0.5, 0.6) is 0 Å². The van der Waals surface area contributed by atoms with E-state index in [4.69, 9.17) is 14.9 Å². The molecule has 2 rings (SSSR count). The van der Waals surface area contributed by atoms with Gasteiger partial charge in [0.25, 0.3) is 0 Å². The Labute approximate surface area is 99.5 Å². The molecule has 0 aliphatic carbocycles. The van der Waals surface area contributed by atoms with E-state index in [0.29, 0.717) is 24.7 Å². The molecule has 2 unspecified atom stereocenters. The molecule has 0 saturated carbocycles. The smallest absolute Gasteiger partial charge is 0.243 e. The van der Waals surface area contributed by atoms with Gasteiger partial charge in [0.2, 0.25) is 11.8 Å². The fraction of sp³-hybridized carbons (Fsp3) is 0.636. The van der Waals surface area contributed by atoms with E-state index in [1.807, 2.05) is 6.92 Å². The molecule has 1 aromatic rings. The van der Waals surface area contributed by atoms with Crippen molar-refractivity contribution in [1.29, 1.82) is 0 Å². The number of ether oxygens (including phenoxy) is 1. The van der Waals surface area contributed by atoms with E-state index in [-0.39, 0.29) is 18.6 Å². The molecule has 3 N–H and O–H groups in total. The van der Waals surface area contributed by atoms with Crippen molar-refractivity contribution in [2.24, 2.45) is 5.73 Å². The van der Waals surface area contributed by atoms with Gasteiger partial charge < -0.3 is 20.2 Å². The number of nitrogens with one attached hydrogen (secondary N) is 1. The van der Waals surface area contributed by atoms with E-state index in [1.54, 1.807) is 13.1 Å². The zero-order valence-corrected chi connectivity index (χ0v) is 10.0. The highest BCUT2D eigenvalue weighted by atomic mass is 16.5. The third-order valence-corrected chi connectivity index (χ3v) is 2.86. The molecule has 0 radical (unpaired) electrons. The summed E-state index contributed by atoms with van der Waals surface area (Å²) in [7, 11) is 0. The first kappa shape index (κ1) is 12.1. The number of amides is 1. The Kier molecular flexibility index (Phi) is 3.17. The molecule has 1 aromatic heterocycles. The minimum absolute atomic E-state index is 0.224. The maximum Gasteiger partial charge on any atom is 0.243 e. The fourth-order valence-corrected chi connectivity index (χ4v) is 1.73. The van der Waals surface area contributed by atoms with Crippen molar-refractivity contribution >= 4 is 5.91 Å². The van der Waals surface area contributed by atoms with Crippen LogP contribution in [0, 0.1) is 6.92 Å². The molecular weight excluding hydrogens is 222 g/mol. The summed E-state index contributed by atoms with van der Waals surface area (Å²) in [5.41, 5.74) is 5.03. The summed E-state index contributed by atoms with van der Waals surface area (Å²) in [6.07, 6.45) is 2.16. The number of rotatable bonds is 3. The average molecular weight is 239 g/mol. The highest BCUT2D eigenvalue weighted by Gasteiger charge is 2.39. The number of oxazole rings is 1. The summed E-state index contributed by atoms with van der Waals surface area (Å²) in [6, 6.07) is -0.294. The van der Waals surface area contributed by atoms with Crippen molar-refractivity contribution in [2.75, 3.05) is 13.2 Å². The number of nitrogens with zero attached hydrogens (tertiary/aromatic N) is 1. The van der Waals surface area contributed by atoms with Crippen LogP contribution >= 0.6 is 0 Å². The van der Waals surface area contributed by atoms with Crippen molar-refractivity contribution in [2.45, 2.75) is 31.8 Å². The first-order valence-electron chi connectivity index (χ1n) is 5.61. The van der Waals surface area contributed by atoms with Crippen LogP contribution in [0.15, 0.2) is 10.6 Å². The molecule has 0 aromatic carbocycles. The Bertz CT molecular complexity index is 410. The second kappa shape index (κ2) is 4.46. The standard InChI is InChI=1S/C11H17N3O3/c1-7-5-13-9(17-7)8(2)14-10(15)11(12)3-4-16-6-11/h5,8H,3-4,6,12H2,1-2H3,(H,14,15). The number of hydrogen-bond donors (Lipinski definition) is 2. The van der Waals surface area contributed by atoms with Gasteiger partial charge in [-0.05, 0) is 20.3 Å². The highest BCUT2D eigenvalue weighted by molar-refractivity contribution is 5.86. The molecule has 6 nitrogen and oxygen atoms in total. The van der Waals surface area contributed by atoms with Gasteiger partial charge in [-0.1, -0.05) is 0 Å². The summed E-state index contributed by atoms with van der Waals surface area (Å²) in [5.74, 6) is 0.976. The van der Waals surface area contributed by atoms with Gasteiger partial charge in [0.05, 0.1) is 12.8 Å². The van der Waals surface area contributed by atoms with E-state index < -0.39 is 5.54 Å². The lowest BCUT2D eigenvalue weighted by Gasteiger charge is -2.22. The maximum atomic E-state index is 12.0. The van der Waals surface area contributed by atoms with Gasteiger partial charge in [-0.15, -0.1) is 0 Å². The third-order valence-electron chi connectivity index (χ3n) is 2.86. The fourth-order valence-electron chi connectivity index (χ4n) is 1.73. The van der Waals surface area contributed by atoms with Crippen molar-refractivity contribution < 1.29 is 13.9 Å². The summed E-state index contributed by atoms with van der Waals surface area (Å²) in [4.78, 5) is 16.0. The Morgan fingerprint density at radius 1 is 1.71 bits per heavy atom. The first-order chi connectivity index (χ1) is 8.01. The van der Waals surface area contributed by atoms with Crippen LogP contribution in [-0.2, 0) is 9.53 Å². The molecule has 1 aliphatic rings. The molecule has 1 aliphatic heterocycles. The number of aromatic nitrogens is 1. The Morgan fingerprint density at radius 3 is 3.00 bits per heavy atom. The zero-order valence-electron chi connectivity index (χ0n) is 10.0. The third kappa shape index (κ3) is 2.48. The summed E-state index contributed by atoms with van der Waals surface area (Å²) in [6.45, 7) is 4.40. The van der Waals surface area contributed by atoms with Gasteiger partial charge in [-0.2, -0.15) is 0 Å². The minimum Gasteiger partial charge on any atom is -0.444 e. The maximum absolute atomic E-state index is 12.0. The largest absolute Gasteiger partial charge is 0.444 e. The molecule has 17 heavy (non-hydrogen) atoms. The average Bonchev–Trinajstić information content (AvgIpc) is 2.88. The van der Waals surface area contributed by atoms with Crippen LogP contribution < -0.4 is 11.1 Å². The summed E-state index contributed by atoms with van der Waals surface area (Å²) >= 11 is 0. The van der Waals surface area contributed by atoms with Crippen LogP contribution in [0.1, 0.15) is 31.0 Å². The topological polar surface area (TPSA) is 90.4 Å². The SMILES string of the molecule is Cc1cnc(C(C)NC(=O)C2(N)CCOC2)o1. The van der Waals surface area contributed by atoms with Gasteiger partial charge in [0.1, 0.15) is 17.3 Å². The normalized spacial score (nSPS) is 25.8. The monoisotopic (exact) mass is 239 g/mol. The predicted octanol–water partition coefficient (Wildman–Crippen LogP) is 0.278. The molecule has 0 bridgehead atoms. The minimum atomic E-state index is -0.921. The lowest BCUT2D eigenvalue weighted by molar-refractivity contribution is -0.127. The van der Waals surface area contributed by atoms with Gasteiger partial charge in [0, 0.05) is 6.61 Å². The number of aryl methyl sites for hydroxylation is 1. The Morgan fingerprint density at radius 2 is 2.47 bits per heavy atom. The van der Waals surface area contributed by atoms with Crippen LogP contribution in [0.4, 0.5) is 0 Å². The predicted molar refractivity (Wildman–Crippen MR) is 60.2 cm³/mol. The molecule has 94 valence electrons. The second-order valence-corrected chi connectivity index (χ2v) is 4.46. The molecular formula is C11H17N3O3. The van der Waals surface area contributed by atoms with Crippen LogP contribution in [0.25, 0.3) is 0 Å². The van der Waals surface area contributed by atoms with Crippen molar-refractivity contribution in [1.82, 2.24) is 10.3 Å². The van der Waals surface area contributed by atoms with Gasteiger partial charge in [-0.25, -0.2) is 4.98 Å². The van der Waals surface area contributed by atoms with E-state index >= 15 is 0 Å². The molecule has 2 atom stereocenters. The van der Waals surface area contributed by atoms with Crippen LogP contribution in [0.2, 0.25) is 0 Å². The first-order valence-corrected chi connectivity index (χ1v) is 5.61. The molecule has 1 fully saturated rings. The molecule has 0 spiro atoms. The summed E-state index contributed by atoms with van der Waals surface area (Å²) < 4.78 is 10.5. The van der Waals surface area contributed by atoms with Crippen molar-refractivity contribution in [3.05, 3.63) is 17.8 Å². The number of carbonyl (C=O) groups is 1. The van der Waals surface area contributed by atoms with Crippen molar-refractivity contribution in [3.8, 4) is 0 Å². The number of carbonyl (C=O) groups excluding carboxylic acids is 1. The molecule has 1 saturated heterocycles. The molecule has 1 amide bonds. The summed E-state index contributed by atoms with van der Waals surface area (Å²) in [5, 5.41) is 2.79. The molecule has 6 heteroatoms. The Balaban J connectivity index is 1.99. The van der Waals surface area contributed by atoms with Gasteiger partial charge in [0.15, 0.2) is 0 Å². The number of nitrogens with two attached hydrogens (primary N) is 1. The van der Waals surface area contributed by atoms with E-state index in [2.05, 4.69) is 10.3 Å².